The van der Waals surface area contributed by atoms with Crippen molar-refractivity contribution in [3.05, 3.63) is 69.4 Å². The molecule has 28 heavy (non-hydrogen) atoms. The molecule has 6 nitrogen and oxygen atoms in total. The number of halogens is 1. The molecule has 0 spiro atoms. The summed E-state index contributed by atoms with van der Waals surface area (Å²) >= 11 is 3.66. The number of ketones is 1. The Hall–Kier alpha value is -2.56. The lowest BCUT2D eigenvalue weighted by atomic mass is 9.95. The minimum Gasteiger partial charge on any atom is -0.503 e. The van der Waals surface area contributed by atoms with E-state index in [1.165, 1.54) is 41.3 Å². The predicted octanol–water partition coefficient (Wildman–Crippen LogP) is 4.24. The maximum Gasteiger partial charge on any atom is 0.296 e. The van der Waals surface area contributed by atoms with E-state index in [2.05, 4.69) is 10.2 Å². The van der Waals surface area contributed by atoms with E-state index in [0.717, 1.165) is 16.2 Å². The number of benzene rings is 1. The monoisotopic (exact) mass is 433 g/mol. The summed E-state index contributed by atoms with van der Waals surface area (Å²) in [7, 11) is 0. The van der Waals surface area contributed by atoms with Gasteiger partial charge in [0.2, 0.25) is 10.9 Å². The average Bonchev–Trinajstić information content (AvgIpc) is 3.43. The van der Waals surface area contributed by atoms with Crippen molar-refractivity contribution in [1.29, 1.82) is 0 Å². The highest BCUT2D eigenvalue weighted by Crippen LogP contribution is 2.44. The molecule has 1 atom stereocenters. The maximum atomic E-state index is 14.6. The molecule has 1 aliphatic heterocycles. The van der Waals surface area contributed by atoms with Gasteiger partial charge in [0.05, 0.1) is 10.5 Å². The molecule has 1 N–H and O–H groups in total. The van der Waals surface area contributed by atoms with Gasteiger partial charge in [-0.2, -0.15) is 0 Å². The van der Waals surface area contributed by atoms with E-state index in [4.69, 9.17) is 0 Å². The molecule has 4 rings (SSSR count). The van der Waals surface area contributed by atoms with Gasteiger partial charge in [0.25, 0.3) is 5.91 Å². The molecule has 1 amide bonds. The highest BCUT2D eigenvalue weighted by atomic mass is 32.2. The van der Waals surface area contributed by atoms with Gasteiger partial charge in [-0.3, -0.25) is 14.5 Å². The lowest BCUT2D eigenvalue weighted by Gasteiger charge is -2.24. The molecule has 0 fully saturated rings. The number of amides is 1. The summed E-state index contributed by atoms with van der Waals surface area (Å²) in [5, 5.41) is 20.4. The zero-order valence-corrected chi connectivity index (χ0v) is 16.8. The summed E-state index contributed by atoms with van der Waals surface area (Å²) in [6.45, 7) is 0. The van der Waals surface area contributed by atoms with Gasteiger partial charge < -0.3 is 5.11 Å². The first-order chi connectivity index (χ1) is 13.5. The van der Waals surface area contributed by atoms with Crippen LogP contribution >= 0.6 is 34.4 Å². The first-order valence-corrected chi connectivity index (χ1v) is 10.9. The van der Waals surface area contributed by atoms with Crippen molar-refractivity contribution in [2.75, 3.05) is 11.2 Å². The molecule has 0 saturated heterocycles. The van der Waals surface area contributed by atoms with E-state index >= 15 is 0 Å². The number of carbonyl (C=O) groups is 2. The zero-order chi connectivity index (χ0) is 19.8. The Morgan fingerprint density at radius 2 is 2.04 bits per heavy atom. The Bertz CT molecular complexity index is 1090. The molecule has 3 aromatic rings. The van der Waals surface area contributed by atoms with Crippen LogP contribution in [0.2, 0.25) is 0 Å². The Kier molecular flexibility index (Phi) is 5.00. The fourth-order valence-electron chi connectivity index (χ4n) is 2.95. The maximum absolute atomic E-state index is 14.6. The normalized spacial score (nSPS) is 16.9. The number of Topliss-reactive ketones (excluding diaryl/α,β-unsaturated/α-hetero) is 1. The first kappa shape index (κ1) is 18.8. The molecule has 10 heteroatoms. The summed E-state index contributed by atoms with van der Waals surface area (Å²) in [4.78, 5) is 27.4. The average molecular weight is 434 g/mol. The minimum absolute atomic E-state index is 0.0979. The van der Waals surface area contributed by atoms with E-state index in [0.29, 0.717) is 9.22 Å². The van der Waals surface area contributed by atoms with Crippen molar-refractivity contribution in [2.45, 2.75) is 10.4 Å². The third-order valence-corrected chi connectivity index (χ3v) is 6.94. The highest BCUT2D eigenvalue weighted by molar-refractivity contribution is 8.00. The summed E-state index contributed by atoms with van der Waals surface area (Å²) in [6.07, 6.45) is 1.81. The largest absolute Gasteiger partial charge is 0.503 e. The second kappa shape index (κ2) is 7.46. The van der Waals surface area contributed by atoms with Crippen molar-refractivity contribution in [3.63, 3.8) is 0 Å². The highest BCUT2D eigenvalue weighted by Gasteiger charge is 2.47. The molecule has 1 aliphatic rings. The lowest BCUT2D eigenvalue weighted by molar-refractivity contribution is -0.117. The van der Waals surface area contributed by atoms with Crippen LogP contribution in [0.15, 0.2) is 57.5 Å². The van der Waals surface area contributed by atoms with E-state index in [1.807, 2.05) is 6.26 Å². The van der Waals surface area contributed by atoms with Gasteiger partial charge in [0, 0.05) is 5.56 Å². The van der Waals surface area contributed by atoms with E-state index in [1.54, 1.807) is 23.6 Å². The van der Waals surface area contributed by atoms with Crippen molar-refractivity contribution in [3.8, 4) is 0 Å². The van der Waals surface area contributed by atoms with Gasteiger partial charge in [0.1, 0.15) is 11.9 Å². The number of aliphatic hydroxyl groups excluding tert-OH is 1. The van der Waals surface area contributed by atoms with Crippen LogP contribution in [0, 0.1) is 5.82 Å². The van der Waals surface area contributed by atoms with Crippen LogP contribution in [0.25, 0.3) is 0 Å². The van der Waals surface area contributed by atoms with Crippen molar-refractivity contribution in [1.82, 2.24) is 10.2 Å². The van der Waals surface area contributed by atoms with Crippen molar-refractivity contribution >= 4 is 51.3 Å². The van der Waals surface area contributed by atoms with Gasteiger partial charge >= 0.3 is 0 Å². The molecule has 0 aliphatic carbocycles. The third kappa shape index (κ3) is 3.03. The summed E-state index contributed by atoms with van der Waals surface area (Å²) in [5.41, 5.74) is -0.0702. The van der Waals surface area contributed by atoms with E-state index < -0.39 is 29.3 Å². The Balaban J connectivity index is 1.89. The van der Waals surface area contributed by atoms with Crippen LogP contribution in [0.1, 0.15) is 21.3 Å². The second-order valence-electron chi connectivity index (χ2n) is 5.72. The number of aromatic nitrogens is 2. The van der Waals surface area contributed by atoms with E-state index in [-0.39, 0.29) is 16.3 Å². The van der Waals surface area contributed by atoms with Gasteiger partial charge in [-0.15, -0.1) is 21.5 Å². The molecule has 3 heterocycles. The molecule has 0 bridgehead atoms. The van der Waals surface area contributed by atoms with Gasteiger partial charge in [-0.05, 0) is 23.8 Å². The molecular formula is C18H12FN3O3S3. The third-order valence-electron chi connectivity index (χ3n) is 4.17. The standard InChI is InChI=1S/C18H12FN3O3S3/c1-26-18-21-20-17(28-18)22-13(9-5-2-3-6-10(9)19)12(15(24)16(22)25)14(23)11-7-4-8-27-11/h2-8,13,24H,1H3/t13-/m1/s1. The van der Waals surface area contributed by atoms with Gasteiger partial charge in [0.15, 0.2) is 10.1 Å². The molecule has 0 saturated carbocycles. The molecule has 0 radical (unpaired) electrons. The van der Waals surface area contributed by atoms with E-state index in [9.17, 15) is 19.1 Å². The predicted molar refractivity (Wildman–Crippen MR) is 107 cm³/mol. The number of thiophene rings is 1. The van der Waals surface area contributed by atoms with Crippen LogP contribution in [0.5, 0.6) is 0 Å². The Morgan fingerprint density at radius 1 is 1.25 bits per heavy atom. The quantitative estimate of drug-likeness (QED) is 0.368. The molecule has 0 unspecified atom stereocenters. The zero-order valence-electron chi connectivity index (χ0n) is 14.3. The number of thioether (sulfide) groups is 1. The molecule has 142 valence electrons. The van der Waals surface area contributed by atoms with Gasteiger partial charge in [-0.25, -0.2) is 4.39 Å². The topological polar surface area (TPSA) is 83.4 Å². The summed E-state index contributed by atoms with van der Waals surface area (Å²) in [6, 6.07) is 8.00. The smallest absolute Gasteiger partial charge is 0.296 e. The minimum atomic E-state index is -1.13. The number of carbonyl (C=O) groups excluding carboxylic acids is 2. The summed E-state index contributed by atoms with van der Waals surface area (Å²) in [5.74, 6) is -2.62. The number of nitrogens with zero attached hydrogens (tertiary/aromatic N) is 3. The Labute approximate surface area is 171 Å². The van der Waals surface area contributed by atoms with Crippen LogP contribution < -0.4 is 4.90 Å². The van der Waals surface area contributed by atoms with Crippen LogP contribution in [-0.2, 0) is 4.79 Å². The SMILES string of the molecule is CSc1nnc(N2C(=O)C(O)=C(C(=O)c3cccs3)[C@H]2c2ccccc2F)s1. The molecule has 2 aromatic heterocycles. The molecular weight excluding hydrogens is 421 g/mol. The number of rotatable bonds is 5. The number of anilines is 1. The van der Waals surface area contributed by atoms with Crippen molar-refractivity contribution < 1.29 is 19.1 Å². The molecule has 1 aromatic carbocycles. The fraction of sp³-hybridized carbons (Fsp3) is 0.111. The van der Waals surface area contributed by atoms with Crippen LogP contribution in [0.3, 0.4) is 0 Å². The summed E-state index contributed by atoms with van der Waals surface area (Å²) < 4.78 is 15.3. The van der Waals surface area contributed by atoms with Gasteiger partial charge in [-0.1, -0.05) is 47.4 Å². The fourth-order valence-corrected chi connectivity index (χ4v) is 4.91. The first-order valence-electron chi connectivity index (χ1n) is 7.99. The second-order valence-corrected chi connectivity index (χ2v) is 8.68. The number of aliphatic hydroxyl groups is 1. The number of hydrogen-bond acceptors (Lipinski definition) is 8. The Morgan fingerprint density at radius 3 is 2.68 bits per heavy atom. The van der Waals surface area contributed by atoms with Crippen molar-refractivity contribution in [2.24, 2.45) is 0 Å². The lowest BCUT2D eigenvalue weighted by Crippen LogP contribution is -2.31. The van der Waals surface area contributed by atoms with Crippen LogP contribution in [-0.4, -0.2) is 33.3 Å². The number of hydrogen-bond donors (Lipinski definition) is 1. The van der Waals surface area contributed by atoms with Crippen LogP contribution in [0.4, 0.5) is 9.52 Å².